The molecule has 1 aliphatic rings. The van der Waals surface area contributed by atoms with Crippen LogP contribution in [0.25, 0.3) is 0 Å². The highest BCUT2D eigenvalue weighted by Crippen LogP contribution is 2.33. The molecule has 0 aromatic heterocycles. The van der Waals surface area contributed by atoms with Crippen molar-refractivity contribution >= 4 is 40.6 Å². The summed E-state index contributed by atoms with van der Waals surface area (Å²) in [4.78, 5) is 25.4. The van der Waals surface area contributed by atoms with Gasteiger partial charge in [-0.25, -0.2) is 4.79 Å². The molecule has 24 heavy (non-hydrogen) atoms. The highest BCUT2D eigenvalue weighted by molar-refractivity contribution is 6.34. The molecule has 0 saturated carbocycles. The van der Waals surface area contributed by atoms with Gasteiger partial charge in [-0.2, -0.15) is 0 Å². The van der Waals surface area contributed by atoms with E-state index in [1.807, 2.05) is 19.1 Å². The van der Waals surface area contributed by atoms with Gasteiger partial charge < -0.3 is 20.3 Å². The van der Waals surface area contributed by atoms with Crippen molar-refractivity contribution in [2.45, 2.75) is 6.92 Å². The van der Waals surface area contributed by atoms with Gasteiger partial charge in [0, 0.05) is 12.7 Å². The number of carbonyl (C=O) groups excluding carboxylic acids is 2. The average Bonchev–Trinajstić information content (AvgIpc) is 2.55. The van der Waals surface area contributed by atoms with E-state index in [4.69, 9.17) is 16.3 Å². The minimum Gasteiger partial charge on any atom is -0.482 e. The molecular weight excluding hydrogens is 330 g/mol. The molecule has 2 aromatic rings. The van der Waals surface area contributed by atoms with Gasteiger partial charge in [-0.05, 0) is 36.8 Å². The molecule has 1 aliphatic heterocycles. The lowest BCUT2D eigenvalue weighted by Crippen LogP contribution is -2.35. The number of aryl methyl sites for hydroxylation is 1. The Kier molecular flexibility index (Phi) is 4.31. The number of urea groups is 1. The Bertz CT molecular complexity index is 802. The van der Waals surface area contributed by atoms with Gasteiger partial charge in [0.05, 0.1) is 16.4 Å². The van der Waals surface area contributed by atoms with Crippen LogP contribution in [0.15, 0.2) is 36.4 Å². The quantitative estimate of drug-likeness (QED) is 0.872. The number of nitrogens with zero attached hydrogens (tertiary/aromatic N) is 1. The number of hydrogen-bond acceptors (Lipinski definition) is 3. The van der Waals surface area contributed by atoms with Crippen LogP contribution in [0.2, 0.25) is 5.02 Å². The molecule has 6 nitrogen and oxygen atoms in total. The topological polar surface area (TPSA) is 70.7 Å². The van der Waals surface area contributed by atoms with Crippen LogP contribution in [0.1, 0.15) is 5.56 Å². The van der Waals surface area contributed by atoms with Gasteiger partial charge in [-0.3, -0.25) is 4.79 Å². The van der Waals surface area contributed by atoms with E-state index in [9.17, 15) is 9.59 Å². The van der Waals surface area contributed by atoms with E-state index in [1.54, 1.807) is 31.3 Å². The first-order chi connectivity index (χ1) is 11.5. The number of nitrogens with one attached hydrogen (secondary N) is 2. The van der Waals surface area contributed by atoms with Crippen LogP contribution in [0.3, 0.4) is 0 Å². The van der Waals surface area contributed by atoms with E-state index in [1.165, 1.54) is 4.90 Å². The van der Waals surface area contributed by atoms with E-state index >= 15 is 0 Å². The van der Waals surface area contributed by atoms with Gasteiger partial charge in [-0.1, -0.05) is 23.7 Å². The zero-order chi connectivity index (χ0) is 17.3. The summed E-state index contributed by atoms with van der Waals surface area (Å²) in [6, 6.07) is 10.1. The fraction of sp³-hybridized carbons (Fsp3) is 0.176. The van der Waals surface area contributed by atoms with Gasteiger partial charge >= 0.3 is 6.03 Å². The molecule has 0 unspecified atom stereocenters. The van der Waals surface area contributed by atoms with Crippen molar-refractivity contribution in [3.63, 3.8) is 0 Å². The minimum atomic E-state index is -0.420. The summed E-state index contributed by atoms with van der Waals surface area (Å²) in [5.41, 5.74) is 2.58. The molecule has 0 bridgehead atoms. The molecule has 0 spiro atoms. The van der Waals surface area contributed by atoms with Gasteiger partial charge in [0.25, 0.3) is 5.91 Å². The number of halogens is 1. The summed E-state index contributed by atoms with van der Waals surface area (Å²) in [6.45, 7) is 1.88. The Morgan fingerprint density at radius 3 is 2.79 bits per heavy atom. The second kappa shape index (κ2) is 6.41. The fourth-order valence-electron chi connectivity index (χ4n) is 2.42. The van der Waals surface area contributed by atoms with E-state index in [-0.39, 0.29) is 12.5 Å². The Morgan fingerprint density at radius 2 is 2.04 bits per heavy atom. The highest BCUT2D eigenvalue weighted by Gasteiger charge is 2.22. The summed E-state index contributed by atoms with van der Waals surface area (Å²) >= 11 is 6.10. The first-order valence-electron chi connectivity index (χ1n) is 7.32. The summed E-state index contributed by atoms with van der Waals surface area (Å²) < 4.78 is 5.36. The number of anilines is 3. The molecule has 0 fully saturated rings. The number of ether oxygens (including phenoxy) is 1. The maximum absolute atomic E-state index is 12.2. The van der Waals surface area contributed by atoms with E-state index in [0.29, 0.717) is 27.8 Å². The zero-order valence-electron chi connectivity index (χ0n) is 13.2. The summed E-state index contributed by atoms with van der Waals surface area (Å²) in [7, 11) is 1.67. The van der Waals surface area contributed by atoms with Crippen LogP contribution in [0, 0.1) is 6.92 Å². The molecule has 3 rings (SSSR count). The van der Waals surface area contributed by atoms with Crippen molar-refractivity contribution < 1.29 is 14.3 Å². The largest absolute Gasteiger partial charge is 0.482 e. The first kappa shape index (κ1) is 16.1. The molecule has 2 aromatic carbocycles. The Balaban J connectivity index is 1.77. The molecular formula is C17H16ClN3O3. The van der Waals surface area contributed by atoms with E-state index in [0.717, 1.165) is 5.56 Å². The lowest BCUT2D eigenvalue weighted by molar-refractivity contribution is -0.120. The van der Waals surface area contributed by atoms with E-state index < -0.39 is 6.03 Å². The second-order valence-electron chi connectivity index (χ2n) is 5.43. The maximum Gasteiger partial charge on any atom is 0.323 e. The Labute approximate surface area is 144 Å². The summed E-state index contributed by atoms with van der Waals surface area (Å²) in [6.07, 6.45) is 0. The summed E-state index contributed by atoms with van der Waals surface area (Å²) in [5, 5.41) is 5.93. The van der Waals surface area contributed by atoms with Crippen LogP contribution < -0.4 is 20.3 Å². The molecule has 0 atom stereocenters. The van der Waals surface area contributed by atoms with Crippen molar-refractivity contribution in [1.82, 2.24) is 0 Å². The second-order valence-corrected chi connectivity index (χ2v) is 5.84. The Hall–Kier alpha value is -2.73. The van der Waals surface area contributed by atoms with Crippen LogP contribution >= 0.6 is 11.6 Å². The van der Waals surface area contributed by atoms with Crippen LogP contribution in [0.4, 0.5) is 21.9 Å². The molecule has 124 valence electrons. The van der Waals surface area contributed by atoms with Gasteiger partial charge in [0.2, 0.25) is 0 Å². The predicted octanol–water partition coefficient (Wildman–Crippen LogP) is 3.65. The number of para-hydroxylation sites is 1. The van der Waals surface area contributed by atoms with Crippen LogP contribution in [-0.4, -0.2) is 25.6 Å². The van der Waals surface area contributed by atoms with Crippen molar-refractivity contribution in [1.29, 1.82) is 0 Å². The predicted molar refractivity (Wildman–Crippen MR) is 94.2 cm³/mol. The Morgan fingerprint density at radius 1 is 1.25 bits per heavy atom. The SMILES string of the molecule is Cc1cccc(Cl)c1NC(=O)Nc1ccc2c(c1)N(C)C(=O)CO2. The molecule has 0 saturated heterocycles. The number of fused-ring (bicyclic) bond motifs is 1. The molecule has 0 radical (unpaired) electrons. The standard InChI is InChI=1S/C17H16ClN3O3/c1-10-4-3-5-12(18)16(10)20-17(23)19-11-6-7-14-13(8-11)21(2)15(22)9-24-14/h3-8H,9H2,1-2H3,(H2,19,20,23). The van der Waals surface area contributed by atoms with Gasteiger partial charge in [-0.15, -0.1) is 0 Å². The van der Waals surface area contributed by atoms with Crippen molar-refractivity contribution in [2.75, 3.05) is 29.2 Å². The number of hydrogen-bond donors (Lipinski definition) is 2. The third-order valence-corrected chi connectivity index (χ3v) is 4.08. The van der Waals surface area contributed by atoms with Crippen LogP contribution in [0.5, 0.6) is 5.75 Å². The monoisotopic (exact) mass is 345 g/mol. The lowest BCUT2D eigenvalue weighted by atomic mass is 10.2. The number of benzene rings is 2. The lowest BCUT2D eigenvalue weighted by Gasteiger charge is -2.26. The third-order valence-electron chi connectivity index (χ3n) is 3.76. The smallest absolute Gasteiger partial charge is 0.323 e. The number of rotatable bonds is 2. The molecule has 7 heteroatoms. The number of amides is 3. The number of likely N-dealkylation sites (N-methyl/N-ethyl adjacent to an activating group) is 1. The molecule has 1 heterocycles. The van der Waals surface area contributed by atoms with Crippen molar-refractivity contribution in [2.24, 2.45) is 0 Å². The van der Waals surface area contributed by atoms with Crippen molar-refractivity contribution in [3.05, 3.63) is 47.0 Å². The molecule has 2 N–H and O–H groups in total. The average molecular weight is 346 g/mol. The number of carbonyl (C=O) groups is 2. The third kappa shape index (κ3) is 3.14. The fourth-order valence-corrected chi connectivity index (χ4v) is 2.69. The minimum absolute atomic E-state index is 0.0164. The van der Waals surface area contributed by atoms with Crippen LogP contribution in [-0.2, 0) is 4.79 Å². The summed E-state index contributed by atoms with van der Waals surface area (Å²) in [5.74, 6) is 0.459. The first-order valence-corrected chi connectivity index (χ1v) is 7.70. The molecule has 3 amide bonds. The zero-order valence-corrected chi connectivity index (χ0v) is 14.0. The maximum atomic E-state index is 12.2. The molecule has 0 aliphatic carbocycles. The van der Waals surface area contributed by atoms with Gasteiger partial charge in [0.15, 0.2) is 6.61 Å². The normalized spacial score (nSPS) is 13.1. The van der Waals surface area contributed by atoms with E-state index in [2.05, 4.69) is 10.6 Å². The highest BCUT2D eigenvalue weighted by atomic mass is 35.5. The van der Waals surface area contributed by atoms with Gasteiger partial charge in [0.1, 0.15) is 5.75 Å². The van der Waals surface area contributed by atoms with Crippen molar-refractivity contribution in [3.8, 4) is 5.75 Å².